The lowest BCUT2D eigenvalue weighted by Gasteiger charge is -2.37. The molecule has 7 rings (SSSR count). The van der Waals surface area contributed by atoms with E-state index in [4.69, 9.17) is 0 Å². The molecule has 3 amide bonds. The van der Waals surface area contributed by atoms with Crippen molar-refractivity contribution >= 4 is 23.4 Å². The largest absolute Gasteiger partial charge is 0.346 e. The van der Waals surface area contributed by atoms with Crippen LogP contribution in [-0.2, 0) is 9.59 Å². The molecule has 1 N–H and O–H groups in total. The summed E-state index contributed by atoms with van der Waals surface area (Å²) in [4.78, 5) is 40.8. The summed E-state index contributed by atoms with van der Waals surface area (Å²) in [6, 6.07) is 16.5. The molecule has 5 heteroatoms. The summed E-state index contributed by atoms with van der Waals surface area (Å²) >= 11 is 0. The molecule has 5 nitrogen and oxygen atoms in total. The number of anilines is 1. The first-order chi connectivity index (χ1) is 15.0. The first-order valence-corrected chi connectivity index (χ1v) is 11.1. The zero-order chi connectivity index (χ0) is 21.3. The second-order valence-electron chi connectivity index (χ2n) is 9.32. The molecule has 2 aromatic carbocycles. The number of benzene rings is 2. The van der Waals surface area contributed by atoms with Gasteiger partial charge in [-0.25, -0.2) is 4.90 Å². The lowest BCUT2D eigenvalue weighted by molar-refractivity contribution is -0.124. The summed E-state index contributed by atoms with van der Waals surface area (Å²) in [6.07, 6.45) is 5.48. The molecule has 1 aliphatic heterocycles. The number of imide groups is 1. The maximum absolute atomic E-state index is 13.3. The van der Waals surface area contributed by atoms with Gasteiger partial charge >= 0.3 is 0 Å². The first kappa shape index (κ1) is 18.6. The molecule has 2 aromatic rings. The van der Waals surface area contributed by atoms with E-state index in [1.807, 2.05) is 37.3 Å². The normalized spacial score (nSPS) is 33.1. The third kappa shape index (κ3) is 2.72. The summed E-state index contributed by atoms with van der Waals surface area (Å²) in [5.74, 6) is 0.638. The van der Waals surface area contributed by atoms with Gasteiger partial charge in [0.1, 0.15) is 0 Å². The Labute approximate surface area is 181 Å². The fraction of sp³-hybridized carbons (Fsp3) is 0.346. The molecule has 7 atom stereocenters. The lowest BCUT2D eigenvalue weighted by Crippen LogP contribution is -2.40. The van der Waals surface area contributed by atoms with Gasteiger partial charge in [0.2, 0.25) is 11.8 Å². The number of carbonyl (C=O) groups excluding carboxylic acids is 3. The molecule has 4 aliphatic carbocycles. The Bertz CT molecular complexity index is 1090. The van der Waals surface area contributed by atoms with Gasteiger partial charge in [0.15, 0.2) is 0 Å². The van der Waals surface area contributed by atoms with Gasteiger partial charge in [-0.05, 0) is 60.8 Å². The highest BCUT2D eigenvalue weighted by molar-refractivity contribution is 6.23. The highest BCUT2D eigenvalue weighted by Gasteiger charge is 2.67. The summed E-state index contributed by atoms with van der Waals surface area (Å²) in [5, 5.41) is 3.00. The van der Waals surface area contributed by atoms with E-state index in [9.17, 15) is 14.4 Å². The number of rotatable bonds is 4. The highest BCUT2D eigenvalue weighted by Crippen LogP contribution is 2.65. The molecule has 0 aromatic heterocycles. The molecule has 2 bridgehead atoms. The fourth-order valence-corrected chi connectivity index (χ4v) is 6.10. The second-order valence-corrected chi connectivity index (χ2v) is 9.32. The van der Waals surface area contributed by atoms with Gasteiger partial charge < -0.3 is 5.32 Å². The molecule has 1 saturated heterocycles. The average molecular weight is 412 g/mol. The zero-order valence-electron chi connectivity index (χ0n) is 17.3. The van der Waals surface area contributed by atoms with Crippen LogP contribution >= 0.6 is 0 Å². The first-order valence-electron chi connectivity index (χ1n) is 11.1. The van der Waals surface area contributed by atoms with Crippen molar-refractivity contribution in [2.45, 2.75) is 19.4 Å². The summed E-state index contributed by atoms with van der Waals surface area (Å²) in [5.41, 5.74) is 1.96. The molecule has 0 spiro atoms. The van der Waals surface area contributed by atoms with Crippen molar-refractivity contribution in [1.29, 1.82) is 0 Å². The number of hydrogen-bond donors (Lipinski definition) is 1. The van der Waals surface area contributed by atoms with Gasteiger partial charge in [0, 0.05) is 5.56 Å². The third-order valence-electron chi connectivity index (χ3n) is 7.68. The van der Waals surface area contributed by atoms with Gasteiger partial charge in [-0.2, -0.15) is 0 Å². The number of carbonyl (C=O) groups is 3. The number of allylic oxidation sites excluding steroid dienone is 2. The molecule has 5 aliphatic rings. The van der Waals surface area contributed by atoms with Crippen molar-refractivity contribution in [3.05, 3.63) is 77.9 Å². The smallest absolute Gasteiger partial charge is 0.251 e. The predicted octanol–water partition coefficient (Wildman–Crippen LogP) is 3.74. The topological polar surface area (TPSA) is 66.5 Å². The number of nitrogens with one attached hydrogen (secondary N) is 1. The highest BCUT2D eigenvalue weighted by atomic mass is 16.2. The molecule has 1 heterocycles. The van der Waals surface area contributed by atoms with E-state index < -0.39 is 0 Å². The van der Waals surface area contributed by atoms with Crippen LogP contribution in [0.5, 0.6) is 0 Å². The van der Waals surface area contributed by atoms with E-state index >= 15 is 0 Å². The summed E-state index contributed by atoms with van der Waals surface area (Å²) in [7, 11) is 0. The van der Waals surface area contributed by atoms with Crippen LogP contribution in [0.15, 0.2) is 66.7 Å². The predicted molar refractivity (Wildman–Crippen MR) is 116 cm³/mol. The number of nitrogens with zero attached hydrogens (tertiary/aromatic N) is 1. The molecule has 31 heavy (non-hydrogen) atoms. The Hall–Kier alpha value is -3.21. The Morgan fingerprint density at radius 2 is 1.58 bits per heavy atom. The zero-order valence-corrected chi connectivity index (χ0v) is 17.3. The van der Waals surface area contributed by atoms with Crippen LogP contribution in [0.25, 0.3) is 0 Å². The Morgan fingerprint density at radius 3 is 2.23 bits per heavy atom. The van der Waals surface area contributed by atoms with Gasteiger partial charge in [0.05, 0.1) is 23.6 Å². The summed E-state index contributed by atoms with van der Waals surface area (Å²) in [6.45, 7) is 1.93. The second kappa shape index (κ2) is 6.64. The molecular weight excluding hydrogens is 388 g/mol. The van der Waals surface area contributed by atoms with Crippen molar-refractivity contribution in [3.8, 4) is 0 Å². The van der Waals surface area contributed by atoms with Crippen molar-refractivity contribution in [2.75, 3.05) is 4.90 Å². The van der Waals surface area contributed by atoms with Crippen LogP contribution in [-0.4, -0.2) is 17.7 Å². The lowest BCUT2D eigenvalue weighted by atomic mass is 9.63. The molecule has 156 valence electrons. The van der Waals surface area contributed by atoms with Crippen LogP contribution < -0.4 is 10.2 Å². The van der Waals surface area contributed by atoms with E-state index in [0.717, 1.165) is 12.0 Å². The minimum Gasteiger partial charge on any atom is -0.346 e. The van der Waals surface area contributed by atoms with Gasteiger partial charge in [-0.1, -0.05) is 48.6 Å². The van der Waals surface area contributed by atoms with Crippen molar-refractivity contribution in [2.24, 2.45) is 35.5 Å². The molecular formula is C26H24N2O3. The quantitative estimate of drug-likeness (QED) is 0.615. The Morgan fingerprint density at radius 1 is 0.935 bits per heavy atom. The van der Waals surface area contributed by atoms with Gasteiger partial charge in [0.25, 0.3) is 5.91 Å². The molecule has 0 unspecified atom stereocenters. The van der Waals surface area contributed by atoms with Crippen LogP contribution in [0, 0.1) is 35.5 Å². The number of hydrogen-bond acceptors (Lipinski definition) is 3. The maximum Gasteiger partial charge on any atom is 0.251 e. The van der Waals surface area contributed by atoms with E-state index in [1.54, 1.807) is 24.3 Å². The minimum atomic E-state index is -0.234. The van der Waals surface area contributed by atoms with E-state index in [1.165, 1.54) is 4.90 Å². The van der Waals surface area contributed by atoms with Gasteiger partial charge in [-0.15, -0.1) is 0 Å². The van der Waals surface area contributed by atoms with Crippen LogP contribution in [0.2, 0.25) is 0 Å². The van der Waals surface area contributed by atoms with Crippen molar-refractivity contribution < 1.29 is 14.4 Å². The Balaban J connectivity index is 1.25. The number of amides is 3. The molecule has 2 saturated carbocycles. The van der Waals surface area contributed by atoms with E-state index in [-0.39, 0.29) is 47.4 Å². The fourth-order valence-electron chi connectivity index (χ4n) is 6.10. The van der Waals surface area contributed by atoms with Gasteiger partial charge in [-0.3, -0.25) is 14.4 Å². The van der Waals surface area contributed by atoms with Crippen molar-refractivity contribution in [3.63, 3.8) is 0 Å². The molecule has 3 fully saturated rings. The summed E-state index contributed by atoms with van der Waals surface area (Å²) < 4.78 is 0. The van der Waals surface area contributed by atoms with Crippen LogP contribution in [0.4, 0.5) is 5.69 Å². The van der Waals surface area contributed by atoms with E-state index in [0.29, 0.717) is 23.1 Å². The molecule has 0 radical (unpaired) electrons. The van der Waals surface area contributed by atoms with Crippen LogP contribution in [0.3, 0.4) is 0 Å². The minimum absolute atomic E-state index is 0.102. The average Bonchev–Trinajstić information content (AvgIpc) is 3.57. The van der Waals surface area contributed by atoms with E-state index in [2.05, 4.69) is 17.5 Å². The SMILES string of the molecule is C[C@H](NC(=O)c1cccc(N2C(=O)[C@@H]3[C@H]4C=C[C@@H]([C@@H]5C[C@@H]45)[C@H]3C2=O)c1)c1ccccc1. The maximum atomic E-state index is 13.3. The van der Waals surface area contributed by atoms with Crippen molar-refractivity contribution in [1.82, 2.24) is 5.32 Å². The third-order valence-corrected chi connectivity index (χ3v) is 7.68. The monoisotopic (exact) mass is 412 g/mol. The standard InChI is InChI=1S/C26H24N2O3/c1-14(15-6-3-2-4-7-15)27-24(29)16-8-5-9-17(12-16)28-25(30)22-18-10-11-19(21-13-20(18)21)23(22)26(28)31/h2-12,14,18-23H,13H2,1H3,(H,27,29)/t14-,18-,19-,20-,21-,22+,23+/m0/s1. The van der Waals surface area contributed by atoms with Crippen LogP contribution in [0.1, 0.15) is 35.3 Å². The Kier molecular flexibility index (Phi) is 3.98.